The summed E-state index contributed by atoms with van der Waals surface area (Å²) in [5.41, 5.74) is 7.77. The van der Waals surface area contributed by atoms with Crippen LogP contribution in [0, 0.1) is 5.92 Å². The Bertz CT molecular complexity index is 665. The average Bonchev–Trinajstić information content (AvgIpc) is 3.37. The molecule has 2 aliphatic rings. The van der Waals surface area contributed by atoms with Gasteiger partial charge in [0.25, 0.3) is 0 Å². The van der Waals surface area contributed by atoms with Crippen molar-refractivity contribution in [2.75, 3.05) is 38.1 Å². The molecule has 2 unspecified atom stereocenters. The van der Waals surface area contributed by atoms with Crippen molar-refractivity contribution in [2.45, 2.75) is 25.4 Å². The van der Waals surface area contributed by atoms with Gasteiger partial charge in [0, 0.05) is 31.9 Å². The van der Waals surface area contributed by atoms with Crippen molar-refractivity contribution in [2.24, 2.45) is 5.92 Å². The van der Waals surface area contributed by atoms with Crippen LogP contribution in [0.15, 0.2) is 46.9 Å². The molecule has 5 heteroatoms. The van der Waals surface area contributed by atoms with Gasteiger partial charge in [0.05, 0.1) is 12.6 Å². The van der Waals surface area contributed by atoms with E-state index in [0.29, 0.717) is 6.04 Å². The molecule has 2 atom stereocenters. The molecule has 2 aliphatic heterocycles. The molecule has 4 rings (SSSR count). The van der Waals surface area contributed by atoms with Crippen molar-refractivity contribution in [3.63, 3.8) is 0 Å². The first-order valence-electron chi connectivity index (χ1n) is 9.33. The van der Waals surface area contributed by atoms with Gasteiger partial charge in [-0.3, -0.25) is 10.3 Å². The molecule has 0 radical (unpaired) electrons. The first-order valence-corrected chi connectivity index (χ1v) is 9.33. The SMILES string of the molecule is CN(Cc1ccc(C2CCNN2)o1)CC1CCN(c2ccccc2)C1. The van der Waals surface area contributed by atoms with Gasteiger partial charge in [-0.25, -0.2) is 5.43 Å². The molecule has 0 spiro atoms. The lowest BCUT2D eigenvalue weighted by Gasteiger charge is -2.22. The number of hydrazine groups is 1. The lowest BCUT2D eigenvalue weighted by Crippen LogP contribution is -2.28. The molecule has 25 heavy (non-hydrogen) atoms. The molecule has 0 amide bonds. The standard InChI is InChI=1S/C20H28N4O/c1-23(15-18-7-8-20(25-18)19-9-11-21-22-19)13-16-10-12-24(14-16)17-5-3-2-4-6-17/h2-8,16,19,21-22H,9-15H2,1H3. The summed E-state index contributed by atoms with van der Waals surface area (Å²) in [6, 6.07) is 15.3. The van der Waals surface area contributed by atoms with E-state index in [1.54, 1.807) is 0 Å². The molecule has 1 aromatic carbocycles. The van der Waals surface area contributed by atoms with Gasteiger partial charge in [0.2, 0.25) is 0 Å². The van der Waals surface area contributed by atoms with Gasteiger partial charge >= 0.3 is 0 Å². The Kier molecular flexibility index (Phi) is 5.06. The molecule has 3 heterocycles. The number of hydrogen-bond donors (Lipinski definition) is 2. The van der Waals surface area contributed by atoms with E-state index in [9.17, 15) is 0 Å². The Morgan fingerprint density at radius 1 is 1.16 bits per heavy atom. The predicted molar refractivity (Wildman–Crippen MR) is 100 cm³/mol. The minimum Gasteiger partial charge on any atom is -0.463 e. The van der Waals surface area contributed by atoms with Crippen molar-refractivity contribution < 1.29 is 4.42 Å². The van der Waals surface area contributed by atoms with Crippen LogP contribution < -0.4 is 15.8 Å². The smallest absolute Gasteiger partial charge is 0.122 e. The van der Waals surface area contributed by atoms with Crippen LogP contribution >= 0.6 is 0 Å². The number of nitrogens with zero attached hydrogens (tertiary/aromatic N) is 2. The molecule has 0 saturated carbocycles. The summed E-state index contributed by atoms with van der Waals surface area (Å²) in [5, 5.41) is 0. The highest BCUT2D eigenvalue weighted by molar-refractivity contribution is 5.46. The third-order valence-corrected chi connectivity index (χ3v) is 5.26. The van der Waals surface area contributed by atoms with Crippen molar-refractivity contribution in [3.05, 3.63) is 54.0 Å². The van der Waals surface area contributed by atoms with Gasteiger partial charge in [0.1, 0.15) is 11.5 Å². The second kappa shape index (κ2) is 7.60. The monoisotopic (exact) mass is 340 g/mol. The highest BCUT2D eigenvalue weighted by atomic mass is 16.3. The van der Waals surface area contributed by atoms with E-state index in [1.165, 1.54) is 12.1 Å². The lowest BCUT2D eigenvalue weighted by atomic mass is 10.1. The lowest BCUT2D eigenvalue weighted by molar-refractivity contribution is 0.252. The van der Waals surface area contributed by atoms with Crippen LogP contribution in [0.5, 0.6) is 0 Å². The van der Waals surface area contributed by atoms with E-state index in [1.807, 2.05) is 0 Å². The molecule has 0 aliphatic carbocycles. The van der Waals surface area contributed by atoms with Crippen molar-refractivity contribution in [1.29, 1.82) is 0 Å². The molecule has 134 valence electrons. The maximum absolute atomic E-state index is 6.04. The molecule has 2 N–H and O–H groups in total. The zero-order chi connectivity index (χ0) is 17.1. The van der Waals surface area contributed by atoms with Crippen molar-refractivity contribution in [3.8, 4) is 0 Å². The quantitative estimate of drug-likeness (QED) is 0.846. The maximum Gasteiger partial charge on any atom is 0.122 e. The zero-order valence-electron chi connectivity index (χ0n) is 14.9. The van der Waals surface area contributed by atoms with E-state index < -0.39 is 0 Å². The fourth-order valence-corrected chi connectivity index (χ4v) is 3.99. The average molecular weight is 340 g/mol. The van der Waals surface area contributed by atoms with Crippen LogP contribution in [0.2, 0.25) is 0 Å². The second-order valence-corrected chi connectivity index (χ2v) is 7.35. The van der Waals surface area contributed by atoms with Crippen LogP contribution in [0.3, 0.4) is 0 Å². The summed E-state index contributed by atoms with van der Waals surface area (Å²) < 4.78 is 6.04. The molecule has 2 aromatic rings. The Hall–Kier alpha value is -1.82. The van der Waals surface area contributed by atoms with Crippen molar-refractivity contribution >= 4 is 5.69 Å². The highest BCUT2D eigenvalue weighted by Gasteiger charge is 2.24. The van der Waals surface area contributed by atoms with Crippen LogP contribution in [-0.2, 0) is 6.54 Å². The normalized spacial score (nSPS) is 23.7. The molecule has 2 saturated heterocycles. The predicted octanol–water partition coefficient (Wildman–Crippen LogP) is 2.78. The number of furan rings is 1. The van der Waals surface area contributed by atoms with E-state index >= 15 is 0 Å². The molecule has 2 fully saturated rings. The Labute approximate surface area is 150 Å². The largest absolute Gasteiger partial charge is 0.463 e. The van der Waals surface area contributed by atoms with Gasteiger partial charge in [0.15, 0.2) is 0 Å². The highest BCUT2D eigenvalue weighted by Crippen LogP contribution is 2.25. The Morgan fingerprint density at radius 3 is 2.84 bits per heavy atom. The molecule has 5 nitrogen and oxygen atoms in total. The summed E-state index contributed by atoms with van der Waals surface area (Å²) in [6.07, 6.45) is 2.35. The first kappa shape index (κ1) is 16.6. The molecular formula is C20H28N4O. The van der Waals surface area contributed by atoms with E-state index in [2.05, 4.69) is 70.2 Å². The number of hydrogen-bond acceptors (Lipinski definition) is 5. The third kappa shape index (κ3) is 4.06. The summed E-state index contributed by atoms with van der Waals surface area (Å²) in [5.74, 6) is 2.83. The zero-order valence-corrected chi connectivity index (χ0v) is 14.9. The summed E-state index contributed by atoms with van der Waals surface area (Å²) in [7, 11) is 2.20. The summed E-state index contributed by atoms with van der Waals surface area (Å²) >= 11 is 0. The number of rotatable bonds is 6. The van der Waals surface area contributed by atoms with Crippen LogP contribution in [0.25, 0.3) is 0 Å². The number of anilines is 1. The van der Waals surface area contributed by atoms with Gasteiger partial charge < -0.3 is 9.32 Å². The summed E-state index contributed by atoms with van der Waals surface area (Å²) in [6.45, 7) is 5.30. The third-order valence-electron chi connectivity index (χ3n) is 5.26. The number of nitrogens with one attached hydrogen (secondary N) is 2. The van der Waals surface area contributed by atoms with Crippen LogP contribution in [-0.4, -0.2) is 38.1 Å². The number of benzene rings is 1. The Morgan fingerprint density at radius 2 is 2.04 bits per heavy atom. The minimum absolute atomic E-state index is 0.313. The Balaban J connectivity index is 1.27. The second-order valence-electron chi connectivity index (χ2n) is 7.35. The fraction of sp³-hybridized carbons (Fsp3) is 0.500. The van der Waals surface area contributed by atoms with Crippen molar-refractivity contribution in [1.82, 2.24) is 15.8 Å². The van der Waals surface area contributed by atoms with Gasteiger partial charge in [-0.15, -0.1) is 0 Å². The maximum atomic E-state index is 6.04. The van der Waals surface area contributed by atoms with Gasteiger partial charge in [-0.1, -0.05) is 18.2 Å². The van der Waals surface area contributed by atoms with Gasteiger partial charge in [-0.2, -0.15) is 0 Å². The van der Waals surface area contributed by atoms with Gasteiger partial charge in [-0.05, 0) is 50.1 Å². The van der Waals surface area contributed by atoms with Crippen LogP contribution in [0.4, 0.5) is 5.69 Å². The fourth-order valence-electron chi connectivity index (χ4n) is 3.99. The topological polar surface area (TPSA) is 43.7 Å². The summed E-state index contributed by atoms with van der Waals surface area (Å²) in [4.78, 5) is 4.89. The van der Waals surface area contributed by atoms with Crippen LogP contribution in [0.1, 0.15) is 30.4 Å². The molecule has 1 aromatic heterocycles. The number of para-hydroxylation sites is 1. The first-order chi connectivity index (χ1) is 12.3. The van der Waals surface area contributed by atoms with E-state index in [4.69, 9.17) is 4.42 Å². The molecular weight excluding hydrogens is 312 g/mol. The molecule has 0 bridgehead atoms. The minimum atomic E-state index is 0.313. The van der Waals surface area contributed by atoms with E-state index in [-0.39, 0.29) is 0 Å². The van der Waals surface area contributed by atoms with E-state index in [0.717, 1.165) is 56.6 Å².